The molecule has 4 rings (SSSR count). The van der Waals surface area contributed by atoms with Crippen LogP contribution in [0.2, 0.25) is 0 Å². The molecular formula is C16H12N2OS2. The molecule has 0 amide bonds. The van der Waals surface area contributed by atoms with E-state index < -0.39 is 0 Å². The van der Waals surface area contributed by atoms with Crippen molar-refractivity contribution in [3.8, 4) is 0 Å². The smallest absolute Gasteiger partial charge is 0.167 e. The van der Waals surface area contributed by atoms with E-state index in [2.05, 4.69) is 29.2 Å². The van der Waals surface area contributed by atoms with Gasteiger partial charge in [0.05, 0.1) is 15.5 Å². The van der Waals surface area contributed by atoms with Crippen LogP contribution in [0, 0.1) is 0 Å². The van der Waals surface area contributed by atoms with Gasteiger partial charge < -0.3 is 4.52 Å². The zero-order chi connectivity index (χ0) is 14.2. The van der Waals surface area contributed by atoms with Crippen LogP contribution in [-0.2, 0) is 0 Å². The molecule has 21 heavy (non-hydrogen) atoms. The molecule has 4 aromatic rings. The summed E-state index contributed by atoms with van der Waals surface area (Å²) in [5.74, 6) is 0. The van der Waals surface area contributed by atoms with Crippen molar-refractivity contribution in [2.45, 2.75) is 16.5 Å². The number of thioether (sulfide) groups is 1. The molecule has 0 bridgehead atoms. The topological polar surface area (TPSA) is 38.9 Å². The normalized spacial score (nSPS) is 13.0. The zero-order valence-electron chi connectivity index (χ0n) is 11.3. The lowest BCUT2D eigenvalue weighted by molar-refractivity contribution is 0.446. The fourth-order valence-electron chi connectivity index (χ4n) is 2.31. The first-order valence-corrected chi connectivity index (χ1v) is 8.37. The lowest BCUT2D eigenvalue weighted by Gasteiger charge is -2.04. The number of benzene rings is 2. The van der Waals surface area contributed by atoms with Gasteiger partial charge in [-0.05, 0) is 31.2 Å². The molecule has 0 saturated heterocycles. The number of nitrogens with zero attached hydrogens (tertiary/aromatic N) is 2. The Morgan fingerprint density at radius 1 is 1.10 bits per heavy atom. The summed E-state index contributed by atoms with van der Waals surface area (Å²) < 4.78 is 7.67. The van der Waals surface area contributed by atoms with Crippen molar-refractivity contribution in [3.63, 3.8) is 0 Å². The van der Waals surface area contributed by atoms with E-state index in [9.17, 15) is 0 Å². The van der Waals surface area contributed by atoms with Crippen molar-refractivity contribution in [2.75, 3.05) is 0 Å². The number of rotatable bonds is 3. The van der Waals surface area contributed by atoms with Gasteiger partial charge in [0.25, 0.3) is 0 Å². The van der Waals surface area contributed by atoms with E-state index >= 15 is 0 Å². The first-order valence-electron chi connectivity index (χ1n) is 6.68. The Morgan fingerprint density at radius 2 is 1.90 bits per heavy atom. The first kappa shape index (κ1) is 12.9. The van der Waals surface area contributed by atoms with Crippen LogP contribution in [0.5, 0.6) is 0 Å². The second kappa shape index (κ2) is 5.16. The molecule has 0 saturated carbocycles. The molecule has 0 aliphatic carbocycles. The lowest BCUT2D eigenvalue weighted by Crippen LogP contribution is -1.88. The number of aromatic nitrogens is 2. The Labute approximate surface area is 130 Å². The SMILES string of the molecule is C[C@@H](Sc1nc2ccccc2s1)c1noc2ccccc12. The quantitative estimate of drug-likeness (QED) is 0.482. The van der Waals surface area contributed by atoms with Crippen molar-refractivity contribution >= 4 is 44.3 Å². The van der Waals surface area contributed by atoms with Gasteiger partial charge in [0, 0.05) is 5.39 Å². The Kier molecular flexibility index (Phi) is 3.16. The second-order valence-corrected chi connectivity index (χ2v) is 7.39. The third-order valence-electron chi connectivity index (χ3n) is 3.34. The Morgan fingerprint density at radius 3 is 2.81 bits per heavy atom. The van der Waals surface area contributed by atoms with Gasteiger partial charge in [0.15, 0.2) is 9.92 Å². The molecule has 0 fully saturated rings. The maximum Gasteiger partial charge on any atom is 0.167 e. The molecule has 104 valence electrons. The summed E-state index contributed by atoms with van der Waals surface area (Å²) in [7, 11) is 0. The van der Waals surface area contributed by atoms with E-state index in [0.29, 0.717) is 0 Å². The van der Waals surface area contributed by atoms with Gasteiger partial charge in [-0.3, -0.25) is 0 Å². The monoisotopic (exact) mass is 312 g/mol. The van der Waals surface area contributed by atoms with E-state index in [1.165, 1.54) is 4.70 Å². The third kappa shape index (κ3) is 2.32. The molecule has 0 aliphatic rings. The van der Waals surface area contributed by atoms with Gasteiger partial charge in [-0.2, -0.15) is 0 Å². The van der Waals surface area contributed by atoms with Gasteiger partial charge in [-0.15, -0.1) is 11.3 Å². The number of thiazole rings is 1. The van der Waals surface area contributed by atoms with Gasteiger partial charge in [-0.1, -0.05) is 41.2 Å². The summed E-state index contributed by atoms with van der Waals surface area (Å²) in [6.07, 6.45) is 0. The molecule has 2 aromatic heterocycles. The summed E-state index contributed by atoms with van der Waals surface area (Å²) in [5, 5.41) is 5.51. The molecule has 0 radical (unpaired) electrons. The fraction of sp³-hybridized carbons (Fsp3) is 0.125. The van der Waals surface area contributed by atoms with Crippen LogP contribution in [0.4, 0.5) is 0 Å². The van der Waals surface area contributed by atoms with Crippen LogP contribution in [-0.4, -0.2) is 10.1 Å². The summed E-state index contributed by atoms with van der Waals surface area (Å²) >= 11 is 3.45. The van der Waals surface area contributed by atoms with E-state index in [1.54, 1.807) is 23.1 Å². The molecule has 3 nitrogen and oxygen atoms in total. The third-order valence-corrected chi connectivity index (χ3v) is 5.58. The van der Waals surface area contributed by atoms with Crippen LogP contribution >= 0.6 is 23.1 Å². The zero-order valence-corrected chi connectivity index (χ0v) is 12.9. The molecule has 0 unspecified atom stereocenters. The van der Waals surface area contributed by atoms with E-state index in [-0.39, 0.29) is 5.25 Å². The van der Waals surface area contributed by atoms with Crippen LogP contribution in [0.3, 0.4) is 0 Å². The highest BCUT2D eigenvalue weighted by Gasteiger charge is 2.17. The molecule has 0 N–H and O–H groups in total. The summed E-state index contributed by atoms with van der Waals surface area (Å²) in [6.45, 7) is 2.14. The van der Waals surface area contributed by atoms with Crippen molar-refractivity contribution in [1.82, 2.24) is 10.1 Å². The van der Waals surface area contributed by atoms with Gasteiger partial charge in [-0.25, -0.2) is 4.98 Å². The summed E-state index contributed by atoms with van der Waals surface area (Å²) in [4.78, 5) is 4.67. The van der Waals surface area contributed by atoms with Gasteiger partial charge >= 0.3 is 0 Å². The summed E-state index contributed by atoms with van der Waals surface area (Å²) in [5.41, 5.74) is 2.88. The van der Waals surface area contributed by atoms with E-state index in [4.69, 9.17) is 4.52 Å². The van der Waals surface area contributed by atoms with Crippen LogP contribution in [0.25, 0.3) is 21.2 Å². The largest absolute Gasteiger partial charge is 0.356 e. The maximum atomic E-state index is 5.39. The highest BCUT2D eigenvalue weighted by atomic mass is 32.2. The Balaban J connectivity index is 1.67. The van der Waals surface area contributed by atoms with Crippen LogP contribution in [0.15, 0.2) is 57.4 Å². The lowest BCUT2D eigenvalue weighted by atomic mass is 10.2. The van der Waals surface area contributed by atoms with E-state index in [0.717, 1.165) is 26.5 Å². The van der Waals surface area contributed by atoms with Crippen molar-refractivity contribution in [2.24, 2.45) is 0 Å². The molecule has 5 heteroatoms. The molecule has 2 heterocycles. The second-order valence-electron chi connectivity index (χ2n) is 4.77. The van der Waals surface area contributed by atoms with Crippen LogP contribution < -0.4 is 0 Å². The predicted octanol–water partition coefficient (Wildman–Crippen LogP) is 5.29. The fourth-order valence-corrected chi connectivity index (χ4v) is 4.63. The minimum Gasteiger partial charge on any atom is -0.356 e. The predicted molar refractivity (Wildman–Crippen MR) is 87.9 cm³/mol. The Bertz CT molecular complexity index is 880. The van der Waals surface area contributed by atoms with Gasteiger partial charge in [0.1, 0.15) is 5.69 Å². The maximum absolute atomic E-state index is 5.39. The summed E-state index contributed by atoms with van der Waals surface area (Å²) in [6, 6.07) is 16.2. The number of hydrogen-bond donors (Lipinski definition) is 0. The average molecular weight is 312 g/mol. The van der Waals surface area contributed by atoms with Crippen molar-refractivity contribution < 1.29 is 4.52 Å². The highest BCUT2D eigenvalue weighted by molar-refractivity contribution is 8.01. The van der Waals surface area contributed by atoms with Crippen molar-refractivity contribution in [1.29, 1.82) is 0 Å². The number of para-hydroxylation sites is 2. The average Bonchev–Trinajstić information content (AvgIpc) is 3.10. The Hall–Kier alpha value is -1.85. The standard InChI is InChI=1S/C16H12N2OS2/c1-10(15-11-6-2-4-8-13(11)19-18-15)20-16-17-12-7-3-5-9-14(12)21-16/h2-10H,1H3/t10-/m1/s1. The number of hydrogen-bond acceptors (Lipinski definition) is 5. The minimum absolute atomic E-state index is 0.203. The number of fused-ring (bicyclic) bond motifs is 2. The van der Waals surface area contributed by atoms with Gasteiger partial charge in [0.2, 0.25) is 0 Å². The minimum atomic E-state index is 0.203. The molecule has 0 spiro atoms. The molecular weight excluding hydrogens is 300 g/mol. The highest BCUT2D eigenvalue weighted by Crippen LogP contribution is 2.40. The van der Waals surface area contributed by atoms with Crippen LogP contribution in [0.1, 0.15) is 17.9 Å². The van der Waals surface area contributed by atoms with E-state index in [1.807, 2.05) is 36.4 Å². The van der Waals surface area contributed by atoms with Crippen molar-refractivity contribution in [3.05, 3.63) is 54.2 Å². The molecule has 2 aromatic carbocycles. The first-order chi connectivity index (χ1) is 10.3. The molecule has 1 atom stereocenters. The molecule has 0 aliphatic heterocycles.